The fraction of sp³-hybridized carbons (Fsp3) is 0.250. The molecule has 22 heavy (non-hydrogen) atoms. The number of carbonyl (C=O) groups excluding carboxylic acids is 2. The molecule has 0 bridgehead atoms. The number of aromatic nitrogens is 4. The van der Waals surface area contributed by atoms with Gasteiger partial charge in [0.15, 0.2) is 0 Å². The second-order valence-electron chi connectivity index (χ2n) is 4.22. The molecule has 3 amide bonds. The molecule has 1 aromatic heterocycles. The van der Waals surface area contributed by atoms with Crippen molar-refractivity contribution in [2.75, 3.05) is 7.05 Å². The quantitative estimate of drug-likeness (QED) is 0.692. The van der Waals surface area contributed by atoms with E-state index in [4.69, 9.17) is 0 Å². The average molecular weight is 322 g/mol. The van der Waals surface area contributed by atoms with Gasteiger partial charge >= 0.3 is 6.03 Å². The maximum Gasteiger partial charge on any atom is 0.321 e. The van der Waals surface area contributed by atoms with Crippen molar-refractivity contribution in [2.45, 2.75) is 17.3 Å². The minimum atomic E-state index is -0.574. The van der Waals surface area contributed by atoms with Gasteiger partial charge in [0.1, 0.15) is 5.75 Å². The number of aromatic hydroxyl groups is 1. The zero-order valence-corrected chi connectivity index (χ0v) is 12.7. The monoisotopic (exact) mass is 322 g/mol. The number of nitrogens with zero attached hydrogens (tertiary/aromatic N) is 4. The van der Waals surface area contributed by atoms with E-state index in [2.05, 4.69) is 26.2 Å². The minimum Gasteiger partial charge on any atom is -0.508 e. The zero-order chi connectivity index (χ0) is 16.1. The van der Waals surface area contributed by atoms with Crippen molar-refractivity contribution in [1.29, 1.82) is 0 Å². The molecule has 0 saturated carbocycles. The van der Waals surface area contributed by atoms with Crippen LogP contribution in [0.15, 0.2) is 29.4 Å². The van der Waals surface area contributed by atoms with E-state index in [-0.39, 0.29) is 5.75 Å². The molecule has 0 saturated heterocycles. The number of hydrogen-bond donors (Lipinski definition) is 3. The van der Waals surface area contributed by atoms with Crippen molar-refractivity contribution < 1.29 is 14.7 Å². The summed E-state index contributed by atoms with van der Waals surface area (Å²) in [6, 6.07) is 5.73. The summed E-state index contributed by atoms with van der Waals surface area (Å²) in [5, 5.41) is 24.9. The molecular formula is C12H14N6O3S. The Morgan fingerprint density at radius 2 is 2.00 bits per heavy atom. The van der Waals surface area contributed by atoms with Crippen LogP contribution in [0.3, 0.4) is 0 Å². The molecule has 3 N–H and O–H groups in total. The molecule has 0 unspecified atom stereocenters. The molecule has 0 aliphatic rings. The van der Waals surface area contributed by atoms with Crippen LogP contribution in [0.25, 0.3) is 5.69 Å². The molecule has 10 heteroatoms. The number of rotatable bonds is 4. The van der Waals surface area contributed by atoms with Crippen molar-refractivity contribution in [3.63, 3.8) is 0 Å². The first-order valence-corrected chi connectivity index (χ1v) is 7.16. The fourth-order valence-corrected chi connectivity index (χ4v) is 2.30. The fourth-order valence-electron chi connectivity index (χ4n) is 1.50. The van der Waals surface area contributed by atoms with Crippen molar-refractivity contribution >= 4 is 23.7 Å². The number of phenolic OH excluding ortho intramolecular Hbond substituents is 1. The van der Waals surface area contributed by atoms with Crippen molar-refractivity contribution in [3.8, 4) is 11.4 Å². The van der Waals surface area contributed by atoms with Gasteiger partial charge in [-0.05, 0) is 41.6 Å². The summed E-state index contributed by atoms with van der Waals surface area (Å²) in [7, 11) is 1.42. The largest absolute Gasteiger partial charge is 0.508 e. The van der Waals surface area contributed by atoms with Crippen LogP contribution in [0.2, 0.25) is 0 Å². The minimum absolute atomic E-state index is 0.129. The van der Waals surface area contributed by atoms with Gasteiger partial charge in [0.25, 0.3) is 0 Å². The molecule has 116 valence electrons. The van der Waals surface area contributed by atoms with E-state index in [1.54, 1.807) is 19.1 Å². The molecule has 2 rings (SSSR count). The van der Waals surface area contributed by atoms with Gasteiger partial charge in [-0.15, -0.1) is 5.10 Å². The van der Waals surface area contributed by atoms with E-state index in [0.717, 1.165) is 11.8 Å². The standard InChI is InChI=1S/C12H14N6O3S/c1-7(10(20)14-11(21)13-2)22-12-15-16-17-18(12)8-3-5-9(19)6-4-8/h3-7,19H,1-2H3,(H2,13,14,20,21)/t7-/m0/s1. The molecule has 2 aromatic rings. The topological polar surface area (TPSA) is 122 Å². The number of phenols is 1. The number of benzene rings is 1. The number of urea groups is 1. The van der Waals surface area contributed by atoms with Gasteiger partial charge in [0.05, 0.1) is 10.9 Å². The summed E-state index contributed by atoms with van der Waals surface area (Å²) in [6.45, 7) is 1.64. The van der Waals surface area contributed by atoms with Gasteiger partial charge < -0.3 is 10.4 Å². The number of amides is 3. The van der Waals surface area contributed by atoms with Gasteiger partial charge in [-0.3, -0.25) is 10.1 Å². The Kier molecular flexibility index (Phi) is 4.94. The van der Waals surface area contributed by atoms with Crippen LogP contribution in [0.4, 0.5) is 4.79 Å². The Hall–Kier alpha value is -2.62. The molecule has 0 aliphatic carbocycles. The molecular weight excluding hydrogens is 308 g/mol. The molecule has 0 aliphatic heterocycles. The third-order valence-corrected chi connectivity index (χ3v) is 3.68. The SMILES string of the molecule is CNC(=O)NC(=O)[C@H](C)Sc1nnnn1-c1ccc(O)cc1. The smallest absolute Gasteiger partial charge is 0.321 e. The molecule has 1 aromatic carbocycles. The first kappa shape index (κ1) is 15.8. The Balaban J connectivity index is 2.11. The zero-order valence-electron chi connectivity index (χ0n) is 11.8. The van der Waals surface area contributed by atoms with Crippen molar-refractivity contribution in [2.24, 2.45) is 0 Å². The third kappa shape index (κ3) is 3.73. The molecule has 1 atom stereocenters. The van der Waals surface area contributed by atoms with Crippen LogP contribution in [-0.4, -0.2) is 49.5 Å². The molecule has 1 heterocycles. The molecule has 0 fully saturated rings. The predicted molar refractivity (Wildman–Crippen MR) is 78.7 cm³/mol. The first-order valence-electron chi connectivity index (χ1n) is 6.28. The Bertz CT molecular complexity index is 672. The summed E-state index contributed by atoms with van der Waals surface area (Å²) in [5.41, 5.74) is 0.643. The highest BCUT2D eigenvalue weighted by molar-refractivity contribution is 8.00. The van der Waals surface area contributed by atoms with Crippen molar-refractivity contribution in [3.05, 3.63) is 24.3 Å². The van der Waals surface area contributed by atoms with E-state index in [0.29, 0.717) is 10.8 Å². The summed E-state index contributed by atoms with van der Waals surface area (Å²) >= 11 is 1.11. The molecule has 0 radical (unpaired) electrons. The van der Waals surface area contributed by atoms with E-state index < -0.39 is 17.2 Å². The van der Waals surface area contributed by atoms with Crippen LogP contribution in [-0.2, 0) is 4.79 Å². The number of carbonyl (C=O) groups is 2. The van der Waals surface area contributed by atoms with Gasteiger partial charge in [-0.2, -0.15) is 4.68 Å². The van der Waals surface area contributed by atoms with Crippen LogP contribution in [0, 0.1) is 0 Å². The Labute approximate surface area is 130 Å². The highest BCUT2D eigenvalue weighted by Gasteiger charge is 2.20. The van der Waals surface area contributed by atoms with Crippen LogP contribution < -0.4 is 10.6 Å². The third-order valence-electron chi connectivity index (χ3n) is 2.65. The average Bonchev–Trinajstić information content (AvgIpc) is 2.95. The number of imide groups is 1. The summed E-state index contributed by atoms with van der Waals surface area (Å²) in [6.07, 6.45) is 0. The Morgan fingerprint density at radius 1 is 1.32 bits per heavy atom. The summed E-state index contributed by atoms with van der Waals surface area (Å²) in [4.78, 5) is 23.0. The van der Waals surface area contributed by atoms with Crippen LogP contribution in [0.1, 0.15) is 6.92 Å². The number of tetrazole rings is 1. The predicted octanol–water partition coefficient (Wildman–Crippen LogP) is 0.304. The van der Waals surface area contributed by atoms with Crippen LogP contribution in [0.5, 0.6) is 5.75 Å². The second kappa shape index (κ2) is 6.89. The lowest BCUT2D eigenvalue weighted by atomic mass is 10.3. The Morgan fingerprint density at radius 3 is 2.64 bits per heavy atom. The van der Waals surface area contributed by atoms with E-state index in [1.165, 1.54) is 23.9 Å². The normalized spacial score (nSPS) is 11.7. The van der Waals surface area contributed by atoms with Gasteiger partial charge in [0.2, 0.25) is 11.1 Å². The van der Waals surface area contributed by atoms with Crippen LogP contribution >= 0.6 is 11.8 Å². The van der Waals surface area contributed by atoms with Gasteiger partial charge in [0, 0.05) is 7.05 Å². The highest BCUT2D eigenvalue weighted by atomic mass is 32.2. The maximum atomic E-state index is 11.8. The van der Waals surface area contributed by atoms with E-state index in [9.17, 15) is 14.7 Å². The number of thioether (sulfide) groups is 1. The number of nitrogens with one attached hydrogen (secondary N) is 2. The summed E-state index contributed by atoms with van der Waals surface area (Å²) in [5.74, 6) is -0.325. The summed E-state index contributed by atoms with van der Waals surface area (Å²) < 4.78 is 1.44. The lowest BCUT2D eigenvalue weighted by Gasteiger charge is -2.10. The van der Waals surface area contributed by atoms with Gasteiger partial charge in [-0.1, -0.05) is 11.8 Å². The second-order valence-corrected chi connectivity index (χ2v) is 5.53. The lowest BCUT2D eigenvalue weighted by molar-refractivity contribution is -0.119. The lowest BCUT2D eigenvalue weighted by Crippen LogP contribution is -2.41. The number of hydrogen-bond acceptors (Lipinski definition) is 7. The van der Waals surface area contributed by atoms with Crippen molar-refractivity contribution in [1.82, 2.24) is 30.8 Å². The highest BCUT2D eigenvalue weighted by Crippen LogP contribution is 2.23. The van der Waals surface area contributed by atoms with E-state index in [1.807, 2.05) is 0 Å². The first-order chi connectivity index (χ1) is 10.5. The van der Waals surface area contributed by atoms with E-state index >= 15 is 0 Å². The maximum absolute atomic E-state index is 11.8. The molecule has 0 spiro atoms. The van der Waals surface area contributed by atoms with Gasteiger partial charge in [-0.25, -0.2) is 4.79 Å². The molecule has 9 nitrogen and oxygen atoms in total.